The van der Waals surface area contributed by atoms with E-state index < -0.39 is 0 Å². The predicted octanol–water partition coefficient (Wildman–Crippen LogP) is 4.62. The van der Waals surface area contributed by atoms with Crippen LogP contribution in [0.3, 0.4) is 0 Å². The molecule has 0 aliphatic heterocycles. The van der Waals surface area contributed by atoms with Crippen molar-refractivity contribution in [1.29, 1.82) is 0 Å². The van der Waals surface area contributed by atoms with Gasteiger partial charge in [-0.2, -0.15) is 0 Å². The summed E-state index contributed by atoms with van der Waals surface area (Å²) in [6.07, 6.45) is 0. The molecule has 0 fully saturated rings. The highest BCUT2D eigenvalue weighted by Gasteiger charge is 2.10. The molecule has 3 N–H and O–H groups in total. The molecule has 19 heavy (non-hydrogen) atoms. The molecule has 2 aromatic carbocycles. The van der Waals surface area contributed by atoms with Gasteiger partial charge in [-0.25, -0.2) is 4.39 Å². The first-order valence-electron chi connectivity index (χ1n) is 5.29. The van der Waals surface area contributed by atoms with Crippen molar-refractivity contribution in [3.05, 3.63) is 57.3 Å². The minimum absolute atomic E-state index is 0.203. The summed E-state index contributed by atoms with van der Waals surface area (Å²) in [5.74, 6) is -0.328. The molecule has 0 aliphatic carbocycles. The second-order valence-corrected chi connectivity index (χ2v) is 5.48. The molecule has 0 aliphatic rings. The van der Waals surface area contributed by atoms with Crippen molar-refractivity contribution in [2.75, 3.05) is 5.32 Å². The Kier molecular flexibility index (Phi) is 4.39. The first-order valence-corrected chi connectivity index (χ1v) is 6.87. The molecule has 0 aromatic heterocycles. The lowest BCUT2D eigenvalue weighted by molar-refractivity contribution is 0.621. The largest absolute Gasteiger partial charge is 0.389 e. The van der Waals surface area contributed by atoms with Gasteiger partial charge in [0.1, 0.15) is 10.8 Å². The molecule has 0 heterocycles. The van der Waals surface area contributed by atoms with Crippen LogP contribution in [0.2, 0.25) is 5.02 Å². The molecule has 6 heteroatoms. The molecule has 0 saturated carbocycles. The Balaban J connectivity index is 2.40. The lowest BCUT2D eigenvalue weighted by Gasteiger charge is -2.13. The van der Waals surface area contributed by atoms with Crippen LogP contribution in [0.4, 0.5) is 15.8 Å². The van der Waals surface area contributed by atoms with E-state index in [1.54, 1.807) is 30.3 Å². The van der Waals surface area contributed by atoms with Crippen molar-refractivity contribution in [2.24, 2.45) is 5.73 Å². The second kappa shape index (κ2) is 5.86. The number of hydrogen-bond acceptors (Lipinski definition) is 2. The van der Waals surface area contributed by atoms with Gasteiger partial charge in [0.15, 0.2) is 0 Å². The van der Waals surface area contributed by atoms with Crippen LogP contribution in [0.15, 0.2) is 40.9 Å². The number of nitrogens with one attached hydrogen (secondary N) is 1. The van der Waals surface area contributed by atoms with E-state index in [2.05, 4.69) is 21.2 Å². The summed E-state index contributed by atoms with van der Waals surface area (Å²) in [5, 5.41) is 3.59. The summed E-state index contributed by atoms with van der Waals surface area (Å²) in [4.78, 5) is 0.203. The smallest absolute Gasteiger partial charge is 0.137 e. The molecule has 0 unspecified atom stereocenters. The van der Waals surface area contributed by atoms with Crippen LogP contribution in [0, 0.1) is 5.82 Å². The Morgan fingerprint density at radius 1 is 1.32 bits per heavy atom. The van der Waals surface area contributed by atoms with Crippen molar-refractivity contribution in [2.45, 2.75) is 0 Å². The average Bonchev–Trinajstić information content (AvgIpc) is 2.33. The molecule has 2 aromatic rings. The predicted molar refractivity (Wildman–Crippen MR) is 84.7 cm³/mol. The molecule has 0 saturated heterocycles. The molecular formula is C13H9BrClFN2S. The quantitative estimate of drug-likeness (QED) is 0.785. The third-order valence-corrected chi connectivity index (χ3v) is 3.59. The van der Waals surface area contributed by atoms with Gasteiger partial charge in [-0.1, -0.05) is 29.9 Å². The highest BCUT2D eigenvalue weighted by Crippen LogP contribution is 2.28. The molecule has 98 valence electrons. The van der Waals surface area contributed by atoms with Crippen molar-refractivity contribution in [1.82, 2.24) is 0 Å². The molecule has 0 amide bonds. The fourth-order valence-electron chi connectivity index (χ4n) is 1.61. The molecule has 0 atom stereocenters. The summed E-state index contributed by atoms with van der Waals surface area (Å²) in [6.45, 7) is 0. The summed E-state index contributed by atoms with van der Waals surface area (Å²) < 4.78 is 13.5. The van der Waals surface area contributed by atoms with Crippen molar-refractivity contribution in [3.63, 3.8) is 0 Å². The third kappa shape index (κ3) is 3.23. The SMILES string of the molecule is NC(=S)c1c(Cl)cccc1Nc1ccc(F)c(Br)c1. The van der Waals surface area contributed by atoms with Crippen LogP contribution in [0.25, 0.3) is 0 Å². The first kappa shape index (κ1) is 14.2. The van der Waals surface area contributed by atoms with Gasteiger partial charge in [0.05, 0.1) is 20.7 Å². The summed E-state index contributed by atoms with van der Waals surface area (Å²) in [6, 6.07) is 9.89. The number of halogens is 3. The van der Waals surface area contributed by atoms with Crippen LogP contribution in [-0.4, -0.2) is 4.99 Å². The number of benzene rings is 2. The van der Waals surface area contributed by atoms with Gasteiger partial charge in [-0.3, -0.25) is 0 Å². The van der Waals surface area contributed by atoms with Crippen molar-refractivity contribution in [3.8, 4) is 0 Å². The molecule has 0 spiro atoms. The first-order chi connectivity index (χ1) is 8.99. The summed E-state index contributed by atoms with van der Waals surface area (Å²) in [7, 11) is 0. The van der Waals surface area contributed by atoms with E-state index in [0.717, 1.165) is 0 Å². The van der Waals surface area contributed by atoms with E-state index >= 15 is 0 Å². The summed E-state index contributed by atoms with van der Waals surface area (Å²) >= 11 is 14.2. The minimum atomic E-state index is -0.328. The minimum Gasteiger partial charge on any atom is -0.389 e. The van der Waals surface area contributed by atoms with Crippen LogP contribution in [0.5, 0.6) is 0 Å². The molecule has 0 radical (unpaired) electrons. The van der Waals surface area contributed by atoms with E-state index in [9.17, 15) is 4.39 Å². The summed E-state index contributed by atoms with van der Waals surface area (Å²) in [5.41, 5.74) is 7.61. The van der Waals surface area contributed by atoms with Crippen LogP contribution in [0.1, 0.15) is 5.56 Å². The van der Waals surface area contributed by atoms with E-state index in [1.165, 1.54) is 6.07 Å². The van der Waals surface area contributed by atoms with Crippen LogP contribution >= 0.6 is 39.7 Å². The Morgan fingerprint density at radius 3 is 2.68 bits per heavy atom. The van der Waals surface area contributed by atoms with E-state index in [0.29, 0.717) is 26.4 Å². The van der Waals surface area contributed by atoms with Gasteiger partial charge in [0.25, 0.3) is 0 Å². The maximum Gasteiger partial charge on any atom is 0.137 e. The lowest BCUT2D eigenvalue weighted by atomic mass is 10.1. The van der Waals surface area contributed by atoms with Gasteiger partial charge in [-0.05, 0) is 46.3 Å². The zero-order chi connectivity index (χ0) is 14.0. The lowest BCUT2D eigenvalue weighted by Crippen LogP contribution is -2.12. The standard InChI is InChI=1S/C13H9BrClFN2S/c14-8-6-7(4-5-10(8)16)18-11-3-1-2-9(15)12(11)13(17)19/h1-6,18H,(H2,17,19). The number of thiocarbonyl (C=S) groups is 1. The van der Waals surface area contributed by atoms with Crippen LogP contribution < -0.4 is 11.1 Å². The Bertz CT molecular complexity index is 649. The zero-order valence-electron chi connectivity index (χ0n) is 9.58. The maximum atomic E-state index is 13.2. The van der Waals surface area contributed by atoms with Gasteiger partial charge in [0, 0.05) is 5.69 Å². The topological polar surface area (TPSA) is 38.0 Å². The highest BCUT2D eigenvalue weighted by atomic mass is 79.9. The average molecular weight is 360 g/mol. The Morgan fingerprint density at radius 2 is 2.05 bits per heavy atom. The van der Waals surface area contributed by atoms with Gasteiger partial charge in [-0.15, -0.1) is 0 Å². The zero-order valence-corrected chi connectivity index (χ0v) is 12.7. The molecule has 2 rings (SSSR count). The van der Waals surface area contributed by atoms with Crippen LogP contribution in [-0.2, 0) is 0 Å². The molecule has 2 nitrogen and oxygen atoms in total. The third-order valence-electron chi connectivity index (χ3n) is 2.46. The number of rotatable bonds is 3. The number of hydrogen-bond donors (Lipinski definition) is 2. The number of nitrogens with two attached hydrogens (primary N) is 1. The van der Waals surface area contributed by atoms with E-state index in [-0.39, 0.29) is 10.8 Å². The van der Waals surface area contributed by atoms with E-state index in [4.69, 9.17) is 29.6 Å². The van der Waals surface area contributed by atoms with Gasteiger partial charge in [0.2, 0.25) is 0 Å². The van der Waals surface area contributed by atoms with Crippen molar-refractivity contribution >= 4 is 56.1 Å². The fraction of sp³-hybridized carbons (Fsp3) is 0. The number of anilines is 2. The van der Waals surface area contributed by atoms with Gasteiger partial charge < -0.3 is 11.1 Å². The highest BCUT2D eigenvalue weighted by molar-refractivity contribution is 9.10. The second-order valence-electron chi connectivity index (χ2n) is 3.78. The maximum absolute atomic E-state index is 13.2. The monoisotopic (exact) mass is 358 g/mol. The molecular weight excluding hydrogens is 351 g/mol. The van der Waals surface area contributed by atoms with Crippen molar-refractivity contribution < 1.29 is 4.39 Å². The van der Waals surface area contributed by atoms with Gasteiger partial charge >= 0.3 is 0 Å². The van der Waals surface area contributed by atoms with E-state index in [1.807, 2.05) is 0 Å². The normalized spacial score (nSPS) is 10.3. The molecule has 0 bridgehead atoms. The fourth-order valence-corrected chi connectivity index (χ4v) is 2.54. The Hall–Kier alpha value is -1.17. The Labute approximate surface area is 128 Å².